The van der Waals surface area contributed by atoms with Crippen molar-refractivity contribution < 1.29 is 19.1 Å². The molecule has 0 spiro atoms. The number of hydrogen-bond acceptors (Lipinski definition) is 2. The molecule has 1 aliphatic carbocycles. The van der Waals surface area contributed by atoms with Gasteiger partial charge in [0.25, 0.3) is 0 Å². The minimum absolute atomic E-state index is 0.0469. The van der Waals surface area contributed by atoms with Crippen LogP contribution in [0, 0.1) is 17.2 Å². The van der Waals surface area contributed by atoms with Gasteiger partial charge in [0.2, 0.25) is 0 Å². The molecule has 0 radical (unpaired) electrons. The Kier molecular flexibility index (Phi) is 4.16. The van der Waals surface area contributed by atoms with E-state index >= 15 is 0 Å². The number of aromatic carboxylic acids is 1. The zero-order valence-corrected chi connectivity index (χ0v) is 12.1. The summed E-state index contributed by atoms with van der Waals surface area (Å²) < 4.78 is 13.2. The molecular formula is C15H19FN2O3. The van der Waals surface area contributed by atoms with Gasteiger partial charge in [0.05, 0.1) is 11.3 Å². The lowest BCUT2D eigenvalue weighted by molar-refractivity contribution is 0.0698. The van der Waals surface area contributed by atoms with Gasteiger partial charge in [0.15, 0.2) is 0 Å². The van der Waals surface area contributed by atoms with E-state index in [9.17, 15) is 14.0 Å². The lowest BCUT2D eigenvalue weighted by Crippen LogP contribution is -2.35. The first-order chi connectivity index (χ1) is 9.84. The summed E-state index contributed by atoms with van der Waals surface area (Å²) in [6.07, 6.45) is 2.15. The van der Waals surface area contributed by atoms with Crippen molar-refractivity contribution >= 4 is 17.7 Å². The summed E-state index contributed by atoms with van der Waals surface area (Å²) in [4.78, 5) is 22.9. The number of nitrogens with one attached hydrogen (secondary N) is 2. The predicted octanol–water partition coefficient (Wildman–Crippen LogP) is 3.08. The maximum atomic E-state index is 13.2. The van der Waals surface area contributed by atoms with Crippen LogP contribution in [0.15, 0.2) is 18.2 Å². The molecule has 0 bridgehead atoms. The molecule has 3 N–H and O–H groups in total. The largest absolute Gasteiger partial charge is 0.478 e. The zero-order chi connectivity index (χ0) is 15.6. The molecule has 0 unspecified atom stereocenters. The van der Waals surface area contributed by atoms with Crippen molar-refractivity contribution in [3.63, 3.8) is 0 Å². The van der Waals surface area contributed by atoms with Crippen molar-refractivity contribution in [1.29, 1.82) is 0 Å². The van der Waals surface area contributed by atoms with Gasteiger partial charge in [-0.1, -0.05) is 13.8 Å². The topological polar surface area (TPSA) is 78.4 Å². The average molecular weight is 294 g/mol. The van der Waals surface area contributed by atoms with E-state index in [1.165, 1.54) is 0 Å². The first kappa shape index (κ1) is 15.3. The third-order valence-corrected chi connectivity index (χ3v) is 4.18. The summed E-state index contributed by atoms with van der Waals surface area (Å²) >= 11 is 0. The molecule has 21 heavy (non-hydrogen) atoms. The standard InChI is InChI=1S/C15H19FN2O3/c1-9(2)15(5-6-15)8-17-14(21)18-12-7-10(16)3-4-11(12)13(19)20/h3-4,7,9H,5-6,8H2,1-2H3,(H,19,20)(H2,17,18,21). The number of urea groups is 1. The fraction of sp³-hybridized carbons (Fsp3) is 0.467. The van der Waals surface area contributed by atoms with Gasteiger partial charge in [0, 0.05) is 6.54 Å². The molecule has 1 aromatic rings. The van der Waals surface area contributed by atoms with Crippen LogP contribution >= 0.6 is 0 Å². The maximum absolute atomic E-state index is 13.2. The van der Waals surface area contributed by atoms with E-state index in [4.69, 9.17) is 5.11 Å². The van der Waals surface area contributed by atoms with E-state index in [0.29, 0.717) is 12.5 Å². The number of rotatable bonds is 5. The van der Waals surface area contributed by atoms with Crippen LogP contribution in [0.5, 0.6) is 0 Å². The molecule has 0 aliphatic heterocycles. The molecule has 0 heterocycles. The van der Waals surface area contributed by atoms with Gasteiger partial charge in [0.1, 0.15) is 5.82 Å². The van der Waals surface area contributed by atoms with Gasteiger partial charge in [-0.15, -0.1) is 0 Å². The third kappa shape index (κ3) is 3.51. The Morgan fingerprint density at radius 2 is 2.05 bits per heavy atom. The van der Waals surface area contributed by atoms with Crippen LogP contribution in [0.25, 0.3) is 0 Å². The number of carbonyl (C=O) groups is 2. The van der Waals surface area contributed by atoms with E-state index in [-0.39, 0.29) is 16.7 Å². The Bertz CT molecular complexity index is 568. The van der Waals surface area contributed by atoms with Crippen molar-refractivity contribution in [2.45, 2.75) is 26.7 Å². The molecule has 1 aliphatic rings. The molecule has 6 heteroatoms. The first-order valence-electron chi connectivity index (χ1n) is 6.92. The highest BCUT2D eigenvalue weighted by Gasteiger charge is 2.45. The maximum Gasteiger partial charge on any atom is 0.337 e. The van der Waals surface area contributed by atoms with E-state index < -0.39 is 17.8 Å². The van der Waals surface area contributed by atoms with Crippen molar-refractivity contribution in [1.82, 2.24) is 5.32 Å². The molecular weight excluding hydrogens is 275 g/mol. The van der Waals surface area contributed by atoms with Crippen LogP contribution in [0.3, 0.4) is 0 Å². The quantitative estimate of drug-likeness (QED) is 0.781. The molecule has 0 aromatic heterocycles. The van der Waals surface area contributed by atoms with Gasteiger partial charge in [-0.05, 0) is 42.4 Å². The Hall–Kier alpha value is -2.11. The van der Waals surface area contributed by atoms with Gasteiger partial charge in [-0.2, -0.15) is 0 Å². The van der Waals surface area contributed by atoms with Crippen molar-refractivity contribution in [3.05, 3.63) is 29.6 Å². The number of carboxylic acids is 1. The molecule has 0 atom stereocenters. The van der Waals surface area contributed by atoms with Crippen LogP contribution < -0.4 is 10.6 Å². The summed E-state index contributed by atoms with van der Waals surface area (Å²) in [7, 11) is 0. The van der Waals surface area contributed by atoms with Crippen molar-refractivity contribution in [3.8, 4) is 0 Å². The molecule has 1 fully saturated rings. The number of hydrogen-bond donors (Lipinski definition) is 3. The average Bonchev–Trinajstić information content (AvgIpc) is 3.17. The Balaban J connectivity index is 2.00. The SMILES string of the molecule is CC(C)C1(CNC(=O)Nc2cc(F)ccc2C(=O)O)CC1. The van der Waals surface area contributed by atoms with E-state index in [1.807, 2.05) is 0 Å². The highest BCUT2D eigenvalue weighted by molar-refractivity contribution is 5.99. The normalized spacial score (nSPS) is 15.6. The Morgan fingerprint density at radius 3 is 2.57 bits per heavy atom. The Morgan fingerprint density at radius 1 is 1.38 bits per heavy atom. The van der Waals surface area contributed by atoms with Gasteiger partial charge in [-0.25, -0.2) is 14.0 Å². The number of benzene rings is 1. The second-order valence-electron chi connectivity index (χ2n) is 5.82. The molecule has 0 saturated heterocycles. The highest BCUT2D eigenvalue weighted by atomic mass is 19.1. The number of carbonyl (C=O) groups excluding carboxylic acids is 1. The molecule has 1 aromatic carbocycles. The summed E-state index contributed by atoms with van der Waals surface area (Å²) in [5, 5.41) is 14.2. The summed E-state index contributed by atoms with van der Waals surface area (Å²) in [6, 6.07) is 2.65. The van der Waals surface area contributed by atoms with Crippen molar-refractivity contribution in [2.75, 3.05) is 11.9 Å². The third-order valence-electron chi connectivity index (χ3n) is 4.18. The van der Waals surface area contributed by atoms with Gasteiger partial charge >= 0.3 is 12.0 Å². The lowest BCUT2D eigenvalue weighted by Gasteiger charge is -2.20. The molecule has 1 saturated carbocycles. The number of amides is 2. The fourth-order valence-corrected chi connectivity index (χ4v) is 2.35. The first-order valence-corrected chi connectivity index (χ1v) is 6.92. The minimum Gasteiger partial charge on any atom is -0.478 e. The summed E-state index contributed by atoms with van der Waals surface area (Å²) in [6.45, 7) is 4.76. The van der Waals surface area contributed by atoms with Gasteiger partial charge < -0.3 is 15.7 Å². The number of halogens is 1. The van der Waals surface area contributed by atoms with Crippen LogP contribution in [0.1, 0.15) is 37.0 Å². The smallest absolute Gasteiger partial charge is 0.337 e. The van der Waals surface area contributed by atoms with Crippen LogP contribution in [0.2, 0.25) is 0 Å². The highest BCUT2D eigenvalue weighted by Crippen LogP contribution is 2.51. The monoisotopic (exact) mass is 294 g/mol. The van der Waals surface area contributed by atoms with E-state index in [1.54, 1.807) is 0 Å². The lowest BCUT2D eigenvalue weighted by atomic mass is 9.92. The fourth-order valence-electron chi connectivity index (χ4n) is 2.35. The Labute approximate surface area is 122 Å². The molecule has 114 valence electrons. The summed E-state index contributed by atoms with van der Waals surface area (Å²) in [5.41, 5.74) is -0.0412. The van der Waals surface area contributed by atoms with Crippen LogP contribution in [-0.2, 0) is 0 Å². The predicted molar refractivity (Wildman–Crippen MR) is 76.9 cm³/mol. The number of carboxylic acid groups (broad SMARTS) is 1. The summed E-state index contributed by atoms with van der Waals surface area (Å²) in [5.74, 6) is -1.34. The minimum atomic E-state index is -1.22. The van der Waals surface area contributed by atoms with Crippen LogP contribution in [0.4, 0.5) is 14.9 Å². The van der Waals surface area contributed by atoms with Gasteiger partial charge in [-0.3, -0.25) is 0 Å². The zero-order valence-electron chi connectivity index (χ0n) is 12.1. The van der Waals surface area contributed by atoms with Crippen LogP contribution in [-0.4, -0.2) is 23.7 Å². The second-order valence-corrected chi connectivity index (χ2v) is 5.82. The molecule has 2 rings (SSSR count). The van der Waals surface area contributed by atoms with E-state index in [2.05, 4.69) is 24.5 Å². The second kappa shape index (κ2) is 5.71. The number of anilines is 1. The van der Waals surface area contributed by atoms with Crippen molar-refractivity contribution in [2.24, 2.45) is 11.3 Å². The van der Waals surface area contributed by atoms with E-state index in [0.717, 1.165) is 31.0 Å². The molecule has 2 amide bonds. The molecule has 5 nitrogen and oxygen atoms in total.